The zero-order valence-electron chi connectivity index (χ0n) is 9.75. The molecule has 2 N–H and O–H groups in total. The van der Waals surface area contributed by atoms with Gasteiger partial charge in [0.05, 0.1) is 18.2 Å². The normalized spacial score (nSPS) is 10.1. The standard InChI is InChI=1S/C14H12O4/c1-18-12-8-10(14(16)17)7-11(15)13(12)9-5-3-2-4-6-9/h2-8,15H,1H3,(H,16,17). The van der Waals surface area contributed by atoms with Crippen LogP contribution in [0, 0.1) is 0 Å². The topological polar surface area (TPSA) is 66.8 Å². The summed E-state index contributed by atoms with van der Waals surface area (Å²) in [6.45, 7) is 0. The largest absolute Gasteiger partial charge is 0.507 e. The molecule has 0 fully saturated rings. The predicted molar refractivity (Wildman–Crippen MR) is 67.1 cm³/mol. The molecule has 0 amide bonds. The second kappa shape index (κ2) is 4.79. The van der Waals surface area contributed by atoms with Crippen LogP contribution in [0.3, 0.4) is 0 Å². The molecule has 0 unspecified atom stereocenters. The molecule has 18 heavy (non-hydrogen) atoms. The van der Waals surface area contributed by atoms with Crippen LogP contribution in [-0.2, 0) is 0 Å². The molecule has 4 nitrogen and oxygen atoms in total. The number of carboxylic acids is 1. The molecule has 0 aromatic heterocycles. The Kier molecular flexibility index (Phi) is 3.19. The van der Waals surface area contributed by atoms with Gasteiger partial charge in [0, 0.05) is 0 Å². The van der Waals surface area contributed by atoms with Crippen molar-refractivity contribution in [3.63, 3.8) is 0 Å². The van der Waals surface area contributed by atoms with Crippen molar-refractivity contribution < 1.29 is 19.7 Å². The minimum Gasteiger partial charge on any atom is -0.507 e. The van der Waals surface area contributed by atoms with Crippen LogP contribution < -0.4 is 4.74 Å². The first-order valence-electron chi connectivity index (χ1n) is 5.33. The number of benzene rings is 2. The molecule has 0 heterocycles. The number of hydrogen-bond acceptors (Lipinski definition) is 3. The second-order valence-electron chi connectivity index (χ2n) is 3.74. The van der Waals surface area contributed by atoms with Crippen molar-refractivity contribution in [3.8, 4) is 22.6 Å². The number of carbonyl (C=O) groups is 1. The van der Waals surface area contributed by atoms with E-state index in [0.717, 1.165) is 5.56 Å². The third kappa shape index (κ3) is 2.13. The quantitative estimate of drug-likeness (QED) is 0.871. The number of hydrogen-bond donors (Lipinski definition) is 2. The molecule has 0 atom stereocenters. The Balaban J connectivity index is 2.64. The SMILES string of the molecule is COc1cc(C(=O)O)cc(O)c1-c1ccccc1. The summed E-state index contributed by atoms with van der Waals surface area (Å²) in [6.07, 6.45) is 0. The first kappa shape index (κ1) is 12.0. The average Bonchev–Trinajstić information content (AvgIpc) is 2.38. The molecule has 0 aliphatic rings. The zero-order valence-corrected chi connectivity index (χ0v) is 9.75. The molecule has 0 radical (unpaired) electrons. The Bertz CT molecular complexity index is 576. The lowest BCUT2D eigenvalue weighted by atomic mass is 10.0. The van der Waals surface area contributed by atoms with Gasteiger partial charge in [0.25, 0.3) is 0 Å². The number of phenols is 1. The highest BCUT2D eigenvalue weighted by atomic mass is 16.5. The second-order valence-corrected chi connectivity index (χ2v) is 3.74. The number of ether oxygens (including phenoxy) is 1. The van der Waals surface area contributed by atoms with E-state index in [9.17, 15) is 9.90 Å². The first-order valence-corrected chi connectivity index (χ1v) is 5.33. The molecule has 2 aromatic rings. The molecule has 0 aliphatic heterocycles. The van der Waals surface area contributed by atoms with Crippen LogP contribution in [-0.4, -0.2) is 23.3 Å². The molecule has 92 valence electrons. The fraction of sp³-hybridized carbons (Fsp3) is 0.0714. The summed E-state index contributed by atoms with van der Waals surface area (Å²) in [5.74, 6) is -0.889. The van der Waals surface area contributed by atoms with Crippen molar-refractivity contribution in [2.75, 3.05) is 7.11 Å². The van der Waals surface area contributed by atoms with E-state index in [-0.39, 0.29) is 11.3 Å². The first-order chi connectivity index (χ1) is 8.63. The molecule has 0 saturated carbocycles. The van der Waals surface area contributed by atoms with Gasteiger partial charge >= 0.3 is 5.97 Å². The highest BCUT2D eigenvalue weighted by molar-refractivity contribution is 5.91. The highest BCUT2D eigenvalue weighted by Gasteiger charge is 2.15. The predicted octanol–water partition coefficient (Wildman–Crippen LogP) is 2.77. The van der Waals surface area contributed by atoms with Crippen LogP contribution in [0.15, 0.2) is 42.5 Å². The van der Waals surface area contributed by atoms with Crippen molar-refractivity contribution >= 4 is 5.97 Å². The summed E-state index contributed by atoms with van der Waals surface area (Å²) >= 11 is 0. The van der Waals surface area contributed by atoms with Gasteiger partial charge in [0.2, 0.25) is 0 Å². The number of aromatic hydroxyl groups is 1. The van der Waals surface area contributed by atoms with Crippen LogP contribution in [0.25, 0.3) is 11.1 Å². The average molecular weight is 244 g/mol. The summed E-state index contributed by atoms with van der Waals surface area (Å²) in [5, 5.41) is 18.9. The summed E-state index contributed by atoms with van der Waals surface area (Å²) in [6, 6.07) is 11.8. The van der Waals surface area contributed by atoms with E-state index in [1.54, 1.807) is 0 Å². The van der Waals surface area contributed by atoms with Crippen LogP contribution in [0.5, 0.6) is 11.5 Å². The van der Waals surface area contributed by atoms with Gasteiger partial charge in [-0.25, -0.2) is 4.79 Å². The van der Waals surface area contributed by atoms with Gasteiger partial charge in [-0.3, -0.25) is 0 Å². The van der Waals surface area contributed by atoms with Crippen LogP contribution in [0.2, 0.25) is 0 Å². The van der Waals surface area contributed by atoms with E-state index in [2.05, 4.69) is 0 Å². The van der Waals surface area contributed by atoms with Crippen molar-refractivity contribution in [1.29, 1.82) is 0 Å². The van der Waals surface area contributed by atoms with Crippen molar-refractivity contribution in [1.82, 2.24) is 0 Å². The Hall–Kier alpha value is -2.49. The van der Waals surface area contributed by atoms with E-state index < -0.39 is 5.97 Å². The maximum absolute atomic E-state index is 10.9. The summed E-state index contributed by atoms with van der Waals surface area (Å²) in [5.41, 5.74) is 1.25. The smallest absolute Gasteiger partial charge is 0.335 e. The third-order valence-electron chi connectivity index (χ3n) is 2.61. The van der Waals surface area contributed by atoms with E-state index in [4.69, 9.17) is 9.84 Å². The fourth-order valence-corrected chi connectivity index (χ4v) is 1.78. The third-order valence-corrected chi connectivity index (χ3v) is 2.61. The Morgan fingerprint density at radius 1 is 1.17 bits per heavy atom. The number of rotatable bonds is 3. The van der Waals surface area contributed by atoms with Crippen LogP contribution >= 0.6 is 0 Å². The molecule has 2 rings (SSSR count). The number of carboxylic acid groups (broad SMARTS) is 1. The van der Waals surface area contributed by atoms with Gasteiger partial charge in [0.15, 0.2) is 0 Å². The molecular weight excluding hydrogens is 232 g/mol. The Morgan fingerprint density at radius 3 is 2.39 bits per heavy atom. The van der Waals surface area contributed by atoms with Gasteiger partial charge in [-0.15, -0.1) is 0 Å². The minimum atomic E-state index is -1.11. The van der Waals surface area contributed by atoms with Gasteiger partial charge < -0.3 is 14.9 Å². The van der Waals surface area contributed by atoms with E-state index in [1.165, 1.54) is 19.2 Å². The highest BCUT2D eigenvalue weighted by Crippen LogP contribution is 2.38. The molecular formula is C14H12O4. The lowest BCUT2D eigenvalue weighted by Gasteiger charge is -2.11. The van der Waals surface area contributed by atoms with Gasteiger partial charge in [0.1, 0.15) is 11.5 Å². The maximum Gasteiger partial charge on any atom is 0.335 e. The molecule has 0 bridgehead atoms. The van der Waals surface area contributed by atoms with Crippen LogP contribution in [0.4, 0.5) is 0 Å². The molecule has 2 aromatic carbocycles. The van der Waals surface area contributed by atoms with Crippen molar-refractivity contribution in [2.24, 2.45) is 0 Å². The summed E-state index contributed by atoms with van der Waals surface area (Å²) in [4.78, 5) is 10.9. The monoisotopic (exact) mass is 244 g/mol. The Labute approximate surface area is 104 Å². The van der Waals surface area contributed by atoms with E-state index in [0.29, 0.717) is 11.3 Å². The molecule has 4 heteroatoms. The summed E-state index contributed by atoms with van der Waals surface area (Å²) < 4.78 is 5.15. The number of aromatic carboxylic acids is 1. The van der Waals surface area contributed by atoms with Gasteiger partial charge in [-0.05, 0) is 17.7 Å². The van der Waals surface area contributed by atoms with Gasteiger partial charge in [-0.1, -0.05) is 30.3 Å². The maximum atomic E-state index is 10.9. The van der Waals surface area contributed by atoms with E-state index >= 15 is 0 Å². The molecule has 0 spiro atoms. The lowest BCUT2D eigenvalue weighted by Crippen LogP contribution is -1.98. The molecule has 0 aliphatic carbocycles. The van der Waals surface area contributed by atoms with Crippen LogP contribution in [0.1, 0.15) is 10.4 Å². The molecule has 0 saturated heterocycles. The zero-order chi connectivity index (χ0) is 13.1. The van der Waals surface area contributed by atoms with Gasteiger partial charge in [-0.2, -0.15) is 0 Å². The number of phenolic OH excluding ortho intramolecular Hbond substituents is 1. The fourth-order valence-electron chi connectivity index (χ4n) is 1.78. The Morgan fingerprint density at radius 2 is 1.83 bits per heavy atom. The van der Waals surface area contributed by atoms with Crippen molar-refractivity contribution in [2.45, 2.75) is 0 Å². The lowest BCUT2D eigenvalue weighted by molar-refractivity contribution is 0.0696. The summed E-state index contributed by atoms with van der Waals surface area (Å²) in [7, 11) is 1.44. The van der Waals surface area contributed by atoms with Crippen molar-refractivity contribution in [3.05, 3.63) is 48.0 Å². The minimum absolute atomic E-state index is 0.0102. The van der Waals surface area contributed by atoms with E-state index in [1.807, 2.05) is 30.3 Å². The number of methoxy groups -OCH3 is 1.